The number of carbonyl (C=O) groups is 1. The fourth-order valence-corrected chi connectivity index (χ4v) is 4.30. The topological polar surface area (TPSA) is 45.9 Å². The maximum atomic E-state index is 12.7. The number of hydrogen-bond acceptors (Lipinski definition) is 4. The number of fused-ring (bicyclic) bond motifs is 4. The molecule has 144 valence electrons. The van der Waals surface area contributed by atoms with Crippen molar-refractivity contribution in [3.05, 3.63) is 47.7 Å². The van der Waals surface area contributed by atoms with Crippen LogP contribution in [0, 0.1) is 12.8 Å². The minimum atomic E-state index is 0.104. The quantitative estimate of drug-likeness (QED) is 0.785. The third-order valence-corrected chi connectivity index (χ3v) is 5.78. The summed E-state index contributed by atoms with van der Waals surface area (Å²) in [7, 11) is 1.69. The molecule has 0 saturated carbocycles. The third kappa shape index (κ3) is 3.94. The summed E-state index contributed by atoms with van der Waals surface area (Å²) in [5.41, 5.74) is 2.34. The summed E-state index contributed by atoms with van der Waals surface area (Å²) >= 11 is 0. The van der Waals surface area contributed by atoms with Crippen LogP contribution in [0.3, 0.4) is 0 Å². The van der Waals surface area contributed by atoms with Crippen LogP contribution in [0.5, 0.6) is 0 Å². The van der Waals surface area contributed by atoms with Gasteiger partial charge in [0.05, 0.1) is 19.1 Å². The number of ether oxygens (including phenoxy) is 1. The zero-order chi connectivity index (χ0) is 18.8. The van der Waals surface area contributed by atoms with E-state index in [-0.39, 0.29) is 12.0 Å². The van der Waals surface area contributed by atoms with Gasteiger partial charge < -0.3 is 14.1 Å². The van der Waals surface area contributed by atoms with E-state index < -0.39 is 0 Å². The molecule has 3 aliphatic heterocycles. The van der Waals surface area contributed by atoms with Gasteiger partial charge in [0.25, 0.3) is 0 Å². The van der Waals surface area contributed by atoms with E-state index in [1.54, 1.807) is 7.11 Å². The number of hydrogen-bond donors (Lipinski definition) is 0. The number of piperidine rings is 1. The molecule has 1 aromatic carbocycles. The van der Waals surface area contributed by atoms with E-state index in [0.717, 1.165) is 49.6 Å². The highest BCUT2D eigenvalue weighted by molar-refractivity contribution is 5.80. The lowest BCUT2D eigenvalue weighted by atomic mass is 9.94. The Balaban J connectivity index is 1.44. The van der Waals surface area contributed by atoms with E-state index >= 15 is 0 Å². The van der Waals surface area contributed by atoms with Crippen molar-refractivity contribution >= 4 is 5.91 Å². The van der Waals surface area contributed by atoms with Crippen molar-refractivity contribution in [3.63, 3.8) is 0 Å². The van der Waals surface area contributed by atoms with Crippen LogP contribution in [-0.2, 0) is 16.1 Å². The summed E-state index contributed by atoms with van der Waals surface area (Å²) in [6.07, 6.45) is 2.08. The average molecular weight is 368 g/mol. The number of benzene rings is 1. The Bertz CT molecular complexity index is 783. The van der Waals surface area contributed by atoms with Crippen molar-refractivity contribution in [1.29, 1.82) is 0 Å². The van der Waals surface area contributed by atoms with Crippen molar-refractivity contribution < 1.29 is 13.9 Å². The molecule has 0 spiro atoms. The first-order chi connectivity index (χ1) is 13.1. The molecule has 1 aromatic heterocycles. The summed E-state index contributed by atoms with van der Waals surface area (Å²) < 4.78 is 11.3. The highest BCUT2D eigenvalue weighted by Crippen LogP contribution is 2.30. The number of amides is 1. The molecule has 5 heteroatoms. The molecule has 0 radical (unpaired) electrons. The largest absolute Gasteiger partial charge is 0.460 e. The number of rotatable bonds is 6. The van der Waals surface area contributed by atoms with Crippen LogP contribution in [0.25, 0.3) is 11.3 Å². The zero-order valence-corrected chi connectivity index (χ0v) is 16.2. The zero-order valence-electron chi connectivity index (χ0n) is 16.2. The second kappa shape index (κ2) is 7.87. The Morgan fingerprint density at radius 3 is 2.70 bits per heavy atom. The number of aryl methyl sites for hydroxylation is 1. The Hall–Kier alpha value is -2.11. The lowest BCUT2D eigenvalue weighted by molar-refractivity contribution is -0.140. The monoisotopic (exact) mass is 368 g/mol. The van der Waals surface area contributed by atoms with Gasteiger partial charge in [-0.25, -0.2) is 0 Å². The molecule has 0 unspecified atom stereocenters. The van der Waals surface area contributed by atoms with Crippen LogP contribution in [-0.4, -0.2) is 55.1 Å². The predicted octanol–water partition coefficient (Wildman–Crippen LogP) is 3.32. The van der Waals surface area contributed by atoms with Gasteiger partial charge in [-0.2, -0.15) is 0 Å². The van der Waals surface area contributed by atoms with Crippen molar-refractivity contribution in [2.75, 3.05) is 33.4 Å². The highest BCUT2D eigenvalue weighted by Gasteiger charge is 2.40. The molecule has 27 heavy (non-hydrogen) atoms. The Morgan fingerprint density at radius 2 is 1.93 bits per heavy atom. The van der Waals surface area contributed by atoms with E-state index in [9.17, 15) is 4.79 Å². The first kappa shape index (κ1) is 18.3. The normalized spacial score (nSPS) is 23.0. The second-order valence-corrected chi connectivity index (χ2v) is 7.78. The summed E-state index contributed by atoms with van der Waals surface area (Å²) in [6, 6.07) is 12.8. The van der Waals surface area contributed by atoms with Crippen molar-refractivity contribution in [1.82, 2.24) is 9.80 Å². The van der Waals surface area contributed by atoms with Gasteiger partial charge in [-0.15, -0.1) is 0 Å². The third-order valence-electron chi connectivity index (χ3n) is 5.78. The van der Waals surface area contributed by atoms with Gasteiger partial charge >= 0.3 is 0 Å². The standard InChI is InChI=1S/C22H28N2O3/c1-16-3-5-17(6-4-16)21-10-9-20(27-21)15-23-13-18-7-8-19(14-23)24(22(18)25)11-12-26-2/h3-6,9-10,18-19H,7-8,11-15H2,1-2H3/t18-,19+/m0/s1. The van der Waals surface area contributed by atoms with E-state index in [1.165, 1.54) is 5.56 Å². The van der Waals surface area contributed by atoms with Crippen LogP contribution in [0.2, 0.25) is 0 Å². The van der Waals surface area contributed by atoms with Gasteiger partial charge in [0, 0.05) is 38.3 Å². The lowest BCUT2D eigenvalue weighted by Gasteiger charge is -2.35. The van der Waals surface area contributed by atoms with Crippen molar-refractivity contribution in [3.8, 4) is 11.3 Å². The summed E-state index contributed by atoms with van der Waals surface area (Å²) in [5, 5.41) is 0. The highest BCUT2D eigenvalue weighted by atomic mass is 16.5. The fraction of sp³-hybridized carbons (Fsp3) is 0.500. The SMILES string of the molecule is COCCN1C(=O)[C@H]2CC[C@@H]1CN(Cc1ccc(-c3ccc(C)cc3)o1)C2. The molecular weight excluding hydrogens is 340 g/mol. The van der Waals surface area contributed by atoms with Gasteiger partial charge in [0.15, 0.2) is 0 Å². The molecule has 5 nitrogen and oxygen atoms in total. The maximum absolute atomic E-state index is 12.7. The smallest absolute Gasteiger partial charge is 0.227 e. The van der Waals surface area contributed by atoms with E-state index in [1.807, 2.05) is 11.0 Å². The number of methoxy groups -OCH3 is 1. The lowest BCUT2D eigenvalue weighted by Crippen LogP contribution is -2.49. The molecule has 2 aromatic rings. The number of carbonyl (C=O) groups excluding carboxylic acids is 1. The molecule has 0 N–H and O–H groups in total. The van der Waals surface area contributed by atoms with E-state index in [2.05, 4.69) is 42.2 Å². The molecular formula is C22H28N2O3. The first-order valence-electron chi connectivity index (χ1n) is 9.81. The molecule has 3 saturated heterocycles. The number of nitrogens with zero attached hydrogens (tertiary/aromatic N) is 2. The maximum Gasteiger partial charge on any atom is 0.227 e. The van der Waals surface area contributed by atoms with Gasteiger partial charge in [0.2, 0.25) is 5.91 Å². The van der Waals surface area contributed by atoms with Gasteiger partial charge in [0.1, 0.15) is 11.5 Å². The van der Waals surface area contributed by atoms with E-state index in [4.69, 9.17) is 9.15 Å². The van der Waals surface area contributed by atoms with E-state index in [0.29, 0.717) is 19.1 Å². The molecule has 0 aliphatic carbocycles. The Morgan fingerprint density at radius 1 is 1.11 bits per heavy atom. The molecule has 5 rings (SSSR count). The van der Waals surface area contributed by atoms with Crippen LogP contribution >= 0.6 is 0 Å². The molecule has 2 bridgehead atoms. The first-order valence-corrected chi connectivity index (χ1v) is 9.81. The Kier molecular flexibility index (Phi) is 5.32. The summed E-state index contributed by atoms with van der Waals surface area (Å²) in [5.74, 6) is 2.26. The van der Waals surface area contributed by atoms with Crippen molar-refractivity contribution in [2.45, 2.75) is 32.4 Å². The minimum Gasteiger partial charge on any atom is -0.460 e. The van der Waals surface area contributed by atoms with Gasteiger partial charge in [-0.1, -0.05) is 29.8 Å². The molecule has 1 amide bonds. The average Bonchev–Trinajstić information content (AvgIpc) is 2.97. The van der Waals surface area contributed by atoms with Crippen LogP contribution in [0.15, 0.2) is 40.8 Å². The number of furan rings is 1. The van der Waals surface area contributed by atoms with Crippen LogP contribution in [0.4, 0.5) is 0 Å². The van der Waals surface area contributed by atoms with Gasteiger partial charge in [-0.05, 0) is 31.9 Å². The van der Waals surface area contributed by atoms with Crippen LogP contribution in [0.1, 0.15) is 24.2 Å². The molecule has 2 atom stereocenters. The molecule has 4 heterocycles. The molecule has 3 aliphatic rings. The summed E-state index contributed by atoms with van der Waals surface area (Å²) in [4.78, 5) is 17.2. The minimum absolute atomic E-state index is 0.104. The van der Waals surface area contributed by atoms with Gasteiger partial charge in [-0.3, -0.25) is 9.69 Å². The fourth-order valence-electron chi connectivity index (χ4n) is 4.30. The van der Waals surface area contributed by atoms with Crippen LogP contribution < -0.4 is 0 Å². The second-order valence-electron chi connectivity index (χ2n) is 7.78. The molecule has 3 fully saturated rings. The predicted molar refractivity (Wildman–Crippen MR) is 104 cm³/mol. The Labute approximate surface area is 160 Å². The van der Waals surface area contributed by atoms with Crippen molar-refractivity contribution in [2.24, 2.45) is 5.92 Å². The summed E-state index contributed by atoms with van der Waals surface area (Å²) in [6.45, 7) is 5.87.